The van der Waals surface area contributed by atoms with Crippen LogP contribution >= 0.6 is 0 Å². The second-order valence-electron chi connectivity index (χ2n) is 6.22. The molecule has 0 aliphatic carbocycles. The molecule has 1 N–H and O–H groups in total. The Bertz CT molecular complexity index is 600. The lowest BCUT2D eigenvalue weighted by Gasteiger charge is -2.17. The molecule has 0 unspecified atom stereocenters. The Morgan fingerprint density at radius 3 is 2.35 bits per heavy atom. The lowest BCUT2D eigenvalue weighted by molar-refractivity contribution is -0.117. The summed E-state index contributed by atoms with van der Waals surface area (Å²) in [5, 5.41) is 2.76. The number of hydrogen-bond donors (Lipinski definition) is 1. The van der Waals surface area contributed by atoms with Gasteiger partial charge in [0.2, 0.25) is 5.91 Å². The molecule has 0 atom stereocenters. The van der Waals surface area contributed by atoms with Crippen LogP contribution in [0.4, 0.5) is 5.69 Å². The molecule has 0 radical (unpaired) electrons. The van der Waals surface area contributed by atoms with Crippen molar-refractivity contribution >= 4 is 23.4 Å². The molecule has 1 heterocycles. The molecule has 3 amide bonds. The average molecular weight is 274 g/mol. The lowest BCUT2D eigenvalue weighted by atomic mass is 9.92. The minimum atomic E-state index is -0.336. The minimum Gasteiger partial charge on any atom is -0.326 e. The zero-order valence-corrected chi connectivity index (χ0v) is 12.1. The van der Waals surface area contributed by atoms with E-state index >= 15 is 0 Å². The van der Waals surface area contributed by atoms with E-state index in [1.54, 1.807) is 18.2 Å². The predicted octanol–water partition coefficient (Wildman–Crippen LogP) is 2.29. The van der Waals surface area contributed by atoms with E-state index in [0.717, 1.165) is 4.90 Å². The number of fused-ring (bicyclic) bond motifs is 1. The second kappa shape index (κ2) is 4.74. The first-order valence-electron chi connectivity index (χ1n) is 6.45. The van der Waals surface area contributed by atoms with Crippen molar-refractivity contribution in [1.29, 1.82) is 0 Å². The minimum absolute atomic E-state index is 0.104. The van der Waals surface area contributed by atoms with Gasteiger partial charge in [-0.2, -0.15) is 0 Å². The molecular formula is C15H18N2O3. The van der Waals surface area contributed by atoms with Crippen LogP contribution in [0.15, 0.2) is 18.2 Å². The van der Waals surface area contributed by atoms with Crippen molar-refractivity contribution in [3.05, 3.63) is 29.3 Å². The maximum atomic E-state index is 11.9. The summed E-state index contributed by atoms with van der Waals surface area (Å²) in [5.74, 6) is -0.753. The summed E-state index contributed by atoms with van der Waals surface area (Å²) in [4.78, 5) is 36.6. The number of nitrogens with zero attached hydrogens (tertiary/aromatic N) is 1. The van der Waals surface area contributed by atoms with Crippen molar-refractivity contribution < 1.29 is 14.4 Å². The molecule has 2 rings (SSSR count). The number of carbonyl (C=O) groups is 3. The van der Waals surface area contributed by atoms with Crippen molar-refractivity contribution in [2.45, 2.75) is 27.2 Å². The first-order valence-corrected chi connectivity index (χ1v) is 6.45. The smallest absolute Gasteiger partial charge is 0.261 e. The van der Waals surface area contributed by atoms with Crippen LogP contribution in [0.1, 0.15) is 47.9 Å². The van der Waals surface area contributed by atoms with E-state index in [4.69, 9.17) is 0 Å². The Morgan fingerprint density at radius 1 is 1.15 bits per heavy atom. The monoisotopic (exact) mass is 274 g/mol. The van der Waals surface area contributed by atoms with Gasteiger partial charge in [-0.25, -0.2) is 0 Å². The quantitative estimate of drug-likeness (QED) is 0.841. The van der Waals surface area contributed by atoms with Gasteiger partial charge in [-0.05, 0) is 23.6 Å². The van der Waals surface area contributed by atoms with Gasteiger partial charge in [0.05, 0.1) is 11.1 Å². The zero-order chi connectivity index (χ0) is 15.1. The third kappa shape index (κ3) is 2.71. The number of carbonyl (C=O) groups excluding carboxylic acids is 3. The number of imide groups is 1. The molecule has 5 nitrogen and oxygen atoms in total. The summed E-state index contributed by atoms with van der Waals surface area (Å²) in [6.07, 6.45) is 0.386. The Hall–Kier alpha value is -2.17. The highest BCUT2D eigenvalue weighted by atomic mass is 16.2. The van der Waals surface area contributed by atoms with E-state index in [1.165, 1.54) is 7.05 Å². The molecule has 0 saturated carbocycles. The van der Waals surface area contributed by atoms with Crippen molar-refractivity contribution in [2.24, 2.45) is 5.41 Å². The van der Waals surface area contributed by atoms with Crippen molar-refractivity contribution in [3.63, 3.8) is 0 Å². The molecule has 1 aromatic rings. The Labute approximate surface area is 118 Å². The van der Waals surface area contributed by atoms with E-state index in [1.807, 2.05) is 20.8 Å². The van der Waals surface area contributed by atoms with Gasteiger partial charge in [0.15, 0.2) is 0 Å². The van der Waals surface area contributed by atoms with E-state index in [0.29, 0.717) is 23.2 Å². The van der Waals surface area contributed by atoms with Crippen LogP contribution in [0.3, 0.4) is 0 Å². The number of anilines is 1. The summed E-state index contributed by atoms with van der Waals surface area (Å²) >= 11 is 0. The van der Waals surface area contributed by atoms with Crippen LogP contribution in [-0.2, 0) is 4.79 Å². The summed E-state index contributed by atoms with van der Waals surface area (Å²) in [5.41, 5.74) is 1.15. The fourth-order valence-electron chi connectivity index (χ4n) is 2.13. The van der Waals surface area contributed by atoms with E-state index in [-0.39, 0.29) is 23.1 Å². The summed E-state index contributed by atoms with van der Waals surface area (Å²) < 4.78 is 0. The number of hydrogen-bond acceptors (Lipinski definition) is 3. The SMILES string of the molecule is CN1C(=O)c2ccc(NC(=O)CC(C)(C)C)cc2C1=O. The van der Waals surface area contributed by atoms with Gasteiger partial charge in [-0.15, -0.1) is 0 Å². The molecule has 1 aliphatic heterocycles. The average Bonchev–Trinajstić information content (AvgIpc) is 2.52. The maximum absolute atomic E-state index is 11.9. The molecule has 0 bridgehead atoms. The van der Waals surface area contributed by atoms with E-state index in [2.05, 4.69) is 5.32 Å². The van der Waals surface area contributed by atoms with Gasteiger partial charge >= 0.3 is 0 Å². The Morgan fingerprint density at radius 2 is 1.75 bits per heavy atom. The molecule has 1 aliphatic rings. The molecule has 0 fully saturated rings. The normalized spacial score (nSPS) is 14.5. The highest BCUT2D eigenvalue weighted by Gasteiger charge is 2.32. The molecule has 1 aromatic carbocycles. The van der Waals surface area contributed by atoms with Crippen molar-refractivity contribution in [2.75, 3.05) is 12.4 Å². The highest BCUT2D eigenvalue weighted by molar-refractivity contribution is 6.21. The van der Waals surface area contributed by atoms with Crippen molar-refractivity contribution in [3.8, 4) is 0 Å². The predicted molar refractivity (Wildman–Crippen MR) is 75.6 cm³/mol. The van der Waals surface area contributed by atoms with Gasteiger partial charge in [0.1, 0.15) is 0 Å². The molecule has 106 valence electrons. The number of benzene rings is 1. The summed E-state index contributed by atoms with van der Waals surface area (Å²) in [7, 11) is 1.45. The topological polar surface area (TPSA) is 66.5 Å². The van der Waals surface area contributed by atoms with Gasteiger partial charge < -0.3 is 5.32 Å². The highest BCUT2D eigenvalue weighted by Crippen LogP contribution is 2.25. The number of amides is 3. The maximum Gasteiger partial charge on any atom is 0.261 e. The summed E-state index contributed by atoms with van der Waals surface area (Å²) in [6, 6.07) is 4.77. The van der Waals surface area contributed by atoms with Gasteiger partial charge in [0, 0.05) is 19.2 Å². The Kier molecular flexibility index (Phi) is 3.38. The third-order valence-electron chi connectivity index (χ3n) is 3.06. The van der Waals surface area contributed by atoms with Gasteiger partial charge in [-0.3, -0.25) is 19.3 Å². The molecule has 0 saturated heterocycles. The lowest BCUT2D eigenvalue weighted by Crippen LogP contribution is -2.24. The first kappa shape index (κ1) is 14.2. The van der Waals surface area contributed by atoms with Crippen LogP contribution in [0.2, 0.25) is 0 Å². The molecule has 0 aromatic heterocycles. The van der Waals surface area contributed by atoms with Gasteiger partial charge in [-0.1, -0.05) is 20.8 Å². The number of nitrogens with one attached hydrogen (secondary N) is 1. The van der Waals surface area contributed by atoms with Crippen molar-refractivity contribution in [1.82, 2.24) is 4.90 Å². The van der Waals surface area contributed by atoms with Crippen LogP contribution in [-0.4, -0.2) is 29.7 Å². The number of rotatable bonds is 2. The van der Waals surface area contributed by atoms with Crippen LogP contribution in [0, 0.1) is 5.41 Å². The van der Waals surface area contributed by atoms with E-state index in [9.17, 15) is 14.4 Å². The fourth-order valence-corrected chi connectivity index (χ4v) is 2.13. The molecule has 20 heavy (non-hydrogen) atoms. The molecule has 0 spiro atoms. The largest absolute Gasteiger partial charge is 0.326 e. The fraction of sp³-hybridized carbons (Fsp3) is 0.400. The van der Waals surface area contributed by atoms with Crippen LogP contribution < -0.4 is 5.32 Å². The van der Waals surface area contributed by atoms with Crippen LogP contribution in [0.25, 0.3) is 0 Å². The van der Waals surface area contributed by atoms with Gasteiger partial charge in [0.25, 0.3) is 11.8 Å². The Balaban J connectivity index is 2.20. The first-order chi connectivity index (χ1) is 9.19. The zero-order valence-electron chi connectivity index (χ0n) is 12.1. The van der Waals surface area contributed by atoms with Crippen LogP contribution in [0.5, 0.6) is 0 Å². The summed E-state index contributed by atoms with van der Waals surface area (Å²) in [6.45, 7) is 5.94. The second-order valence-corrected chi connectivity index (χ2v) is 6.22. The van der Waals surface area contributed by atoms with E-state index < -0.39 is 0 Å². The molecular weight excluding hydrogens is 256 g/mol. The molecule has 5 heteroatoms. The standard InChI is InChI=1S/C15H18N2O3/c1-15(2,3)8-12(18)16-9-5-6-10-11(7-9)14(20)17(4)13(10)19/h5-7H,8H2,1-4H3,(H,16,18). The third-order valence-corrected chi connectivity index (χ3v) is 3.06.